The van der Waals surface area contributed by atoms with Crippen LogP contribution >= 0.6 is 11.6 Å². The van der Waals surface area contributed by atoms with Gasteiger partial charge in [0.25, 0.3) is 0 Å². The minimum Gasteiger partial charge on any atom is -0.379 e. The lowest BCUT2D eigenvalue weighted by Gasteiger charge is -2.16. The first-order valence-corrected chi connectivity index (χ1v) is 7.07. The van der Waals surface area contributed by atoms with Crippen LogP contribution in [0.5, 0.6) is 0 Å². The quantitative estimate of drug-likeness (QED) is 0.789. The largest absolute Gasteiger partial charge is 0.379 e. The zero-order chi connectivity index (χ0) is 14.7. The molecule has 0 aliphatic rings. The molecule has 0 aliphatic heterocycles. The number of rotatable bonds is 4. The summed E-state index contributed by atoms with van der Waals surface area (Å²) in [7, 11) is 0. The van der Waals surface area contributed by atoms with E-state index in [-0.39, 0.29) is 6.04 Å². The van der Waals surface area contributed by atoms with Crippen molar-refractivity contribution in [3.8, 4) is 5.69 Å². The number of hydrogen-bond acceptors (Lipinski definition) is 3. The Balaban J connectivity index is 1.71. The van der Waals surface area contributed by atoms with Crippen LogP contribution in [0.15, 0.2) is 61.2 Å². The van der Waals surface area contributed by atoms with Gasteiger partial charge in [-0.2, -0.15) is 5.10 Å². The van der Waals surface area contributed by atoms with Crippen LogP contribution in [0.25, 0.3) is 5.69 Å². The van der Waals surface area contributed by atoms with E-state index >= 15 is 0 Å². The fourth-order valence-corrected chi connectivity index (χ4v) is 2.26. The second-order valence-electron chi connectivity index (χ2n) is 4.80. The zero-order valence-electron chi connectivity index (χ0n) is 11.6. The number of anilines is 1. The van der Waals surface area contributed by atoms with Gasteiger partial charge in [0, 0.05) is 16.8 Å². The molecule has 0 bridgehead atoms. The Morgan fingerprint density at radius 1 is 1.05 bits per heavy atom. The maximum atomic E-state index is 5.91. The molecule has 5 heteroatoms. The van der Waals surface area contributed by atoms with E-state index in [0.29, 0.717) is 0 Å². The van der Waals surface area contributed by atoms with Gasteiger partial charge in [0.15, 0.2) is 0 Å². The molecule has 3 rings (SSSR count). The van der Waals surface area contributed by atoms with E-state index in [4.69, 9.17) is 11.6 Å². The summed E-state index contributed by atoms with van der Waals surface area (Å²) < 4.78 is 1.73. The summed E-state index contributed by atoms with van der Waals surface area (Å²) in [5.41, 5.74) is 3.23. The van der Waals surface area contributed by atoms with Crippen LogP contribution in [0.1, 0.15) is 18.5 Å². The lowest BCUT2D eigenvalue weighted by molar-refractivity contribution is 0.873. The minimum atomic E-state index is 0.208. The van der Waals surface area contributed by atoms with Crippen molar-refractivity contribution in [2.75, 3.05) is 5.32 Å². The Bertz CT molecular complexity index is 690. The van der Waals surface area contributed by atoms with Gasteiger partial charge < -0.3 is 5.32 Å². The predicted octanol–water partition coefficient (Wildman–Crippen LogP) is 4.09. The molecule has 1 aromatic heterocycles. The molecule has 106 valence electrons. The molecule has 0 spiro atoms. The fourth-order valence-electron chi connectivity index (χ4n) is 2.14. The maximum absolute atomic E-state index is 5.91. The summed E-state index contributed by atoms with van der Waals surface area (Å²) in [6.07, 6.45) is 3.20. The van der Waals surface area contributed by atoms with E-state index in [1.165, 1.54) is 11.9 Å². The molecule has 1 heterocycles. The Kier molecular flexibility index (Phi) is 3.88. The topological polar surface area (TPSA) is 42.7 Å². The van der Waals surface area contributed by atoms with E-state index < -0.39 is 0 Å². The van der Waals surface area contributed by atoms with Crippen molar-refractivity contribution < 1.29 is 0 Å². The number of nitrogens with zero attached hydrogens (tertiary/aromatic N) is 3. The second kappa shape index (κ2) is 5.97. The standard InChI is InChI=1S/C16H15ClN4/c1-12(13-2-4-14(17)5-3-13)20-15-6-8-16(9-7-15)21-11-18-10-19-21/h2-12,20H,1H3. The van der Waals surface area contributed by atoms with Crippen LogP contribution in [0.2, 0.25) is 5.02 Å². The van der Waals surface area contributed by atoms with E-state index in [1.54, 1.807) is 11.0 Å². The highest BCUT2D eigenvalue weighted by Gasteiger charge is 2.05. The zero-order valence-corrected chi connectivity index (χ0v) is 12.3. The number of hydrogen-bond donors (Lipinski definition) is 1. The first-order valence-electron chi connectivity index (χ1n) is 6.69. The third-order valence-electron chi connectivity index (χ3n) is 3.30. The monoisotopic (exact) mass is 298 g/mol. The molecule has 4 nitrogen and oxygen atoms in total. The highest BCUT2D eigenvalue weighted by Crippen LogP contribution is 2.21. The Morgan fingerprint density at radius 3 is 2.38 bits per heavy atom. The van der Waals surface area contributed by atoms with Crippen LogP contribution in [-0.2, 0) is 0 Å². The van der Waals surface area contributed by atoms with Crippen molar-refractivity contribution >= 4 is 17.3 Å². The summed E-state index contributed by atoms with van der Waals surface area (Å²) in [5, 5.41) is 8.32. The summed E-state index contributed by atoms with van der Waals surface area (Å²) in [5.74, 6) is 0. The SMILES string of the molecule is CC(Nc1ccc(-n2cncn2)cc1)c1ccc(Cl)cc1. The van der Waals surface area contributed by atoms with Crippen molar-refractivity contribution in [2.45, 2.75) is 13.0 Å². The number of benzene rings is 2. The van der Waals surface area contributed by atoms with Crippen LogP contribution in [0.4, 0.5) is 5.69 Å². The summed E-state index contributed by atoms with van der Waals surface area (Å²) in [6, 6.07) is 16.2. The molecule has 0 saturated carbocycles. The molecule has 1 atom stereocenters. The van der Waals surface area contributed by atoms with Gasteiger partial charge in [-0.15, -0.1) is 0 Å². The number of aromatic nitrogens is 3. The van der Waals surface area contributed by atoms with Gasteiger partial charge in [-0.1, -0.05) is 23.7 Å². The average Bonchev–Trinajstić information content (AvgIpc) is 3.03. The fraction of sp³-hybridized carbons (Fsp3) is 0.125. The van der Waals surface area contributed by atoms with Crippen LogP contribution in [-0.4, -0.2) is 14.8 Å². The third-order valence-corrected chi connectivity index (χ3v) is 3.56. The van der Waals surface area contributed by atoms with Crippen molar-refractivity contribution in [2.24, 2.45) is 0 Å². The lowest BCUT2D eigenvalue weighted by Crippen LogP contribution is -2.06. The minimum absolute atomic E-state index is 0.208. The van der Waals surface area contributed by atoms with Gasteiger partial charge in [0.05, 0.1) is 5.69 Å². The summed E-state index contributed by atoms with van der Waals surface area (Å²) >= 11 is 5.91. The molecule has 0 radical (unpaired) electrons. The molecule has 0 amide bonds. The first kappa shape index (κ1) is 13.6. The molecule has 21 heavy (non-hydrogen) atoms. The van der Waals surface area contributed by atoms with Crippen LogP contribution in [0.3, 0.4) is 0 Å². The highest BCUT2D eigenvalue weighted by molar-refractivity contribution is 6.30. The Morgan fingerprint density at radius 2 is 1.76 bits per heavy atom. The lowest BCUT2D eigenvalue weighted by atomic mass is 10.1. The van der Waals surface area contributed by atoms with Gasteiger partial charge in [0.1, 0.15) is 12.7 Å². The van der Waals surface area contributed by atoms with E-state index in [1.807, 2.05) is 48.5 Å². The number of halogens is 1. The van der Waals surface area contributed by atoms with Gasteiger partial charge in [-0.25, -0.2) is 9.67 Å². The molecule has 2 aromatic carbocycles. The van der Waals surface area contributed by atoms with Crippen molar-refractivity contribution in [1.29, 1.82) is 0 Å². The molecule has 0 saturated heterocycles. The van der Waals surface area contributed by atoms with E-state index in [2.05, 4.69) is 22.3 Å². The maximum Gasteiger partial charge on any atom is 0.138 e. The molecule has 1 N–H and O–H groups in total. The summed E-state index contributed by atoms with van der Waals surface area (Å²) in [6.45, 7) is 2.12. The van der Waals surface area contributed by atoms with E-state index in [9.17, 15) is 0 Å². The Labute approximate surface area is 128 Å². The number of nitrogens with one attached hydrogen (secondary N) is 1. The van der Waals surface area contributed by atoms with Gasteiger partial charge in [-0.3, -0.25) is 0 Å². The van der Waals surface area contributed by atoms with Crippen molar-refractivity contribution in [3.63, 3.8) is 0 Å². The molecule has 0 fully saturated rings. The molecule has 1 unspecified atom stereocenters. The third kappa shape index (κ3) is 3.23. The van der Waals surface area contributed by atoms with Crippen molar-refractivity contribution in [1.82, 2.24) is 14.8 Å². The van der Waals surface area contributed by atoms with Gasteiger partial charge in [0.2, 0.25) is 0 Å². The van der Waals surface area contributed by atoms with E-state index in [0.717, 1.165) is 16.4 Å². The smallest absolute Gasteiger partial charge is 0.138 e. The van der Waals surface area contributed by atoms with Crippen molar-refractivity contribution in [3.05, 3.63) is 71.8 Å². The second-order valence-corrected chi connectivity index (χ2v) is 5.24. The average molecular weight is 299 g/mol. The molecule has 3 aromatic rings. The summed E-state index contributed by atoms with van der Waals surface area (Å²) in [4.78, 5) is 3.94. The molecule has 0 aliphatic carbocycles. The molecular weight excluding hydrogens is 284 g/mol. The van der Waals surface area contributed by atoms with Gasteiger partial charge >= 0.3 is 0 Å². The first-order chi connectivity index (χ1) is 10.2. The predicted molar refractivity (Wildman–Crippen MR) is 84.8 cm³/mol. The Hall–Kier alpha value is -2.33. The van der Waals surface area contributed by atoms with Crippen LogP contribution in [0, 0.1) is 0 Å². The highest BCUT2D eigenvalue weighted by atomic mass is 35.5. The van der Waals surface area contributed by atoms with Gasteiger partial charge in [-0.05, 0) is 48.9 Å². The normalized spacial score (nSPS) is 12.1. The van der Waals surface area contributed by atoms with Crippen LogP contribution < -0.4 is 5.32 Å². The molecular formula is C16H15ClN4.